The zero-order chi connectivity index (χ0) is 15.7. The Morgan fingerprint density at radius 2 is 2.05 bits per heavy atom. The maximum absolute atomic E-state index is 12.6. The highest BCUT2D eigenvalue weighted by Gasteiger charge is 2.33. The number of hydrogen-bond donors (Lipinski definition) is 0. The van der Waals surface area contributed by atoms with Crippen LogP contribution in [0.3, 0.4) is 0 Å². The van der Waals surface area contributed by atoms with Crippen LogP contribution in [0.1, 0.15) is 5.69 Å². The smallest absolute Gasteiger partial charge is 0.304 e. The van der Waals surface area contributed by atoms with Gasteiger partial charge in [0.1, 0.15) is 5.69 Å². The average molecular weight is 343 g/mol. The molecule has 3 aromatic rings. The number of hydrogen-bond acceptors (Lipinski definition) is 6. The second kappa shape index (κ2) is 5.69. The van der Waals surface area contributed by atoms with Crippen LogP contribution < -0.4 is 0 Å². The van der Waals surface area contributed by atoms with Crippen molar-refractivity contribution >= 4 is 23.1 Å². The lowest BCUT2D eigenvalue weighted by molar-refractivity contribution is -0.141. The minimum absolute atomic E-state index is 0.0249. The van der Waals surface area contributed by atoms with Crippen molar-refractivity contribution in [3.8, 4) is 10.7 Å². The van der Waals surface area contributed by atoms with Crippen molar-refractivity contribution in [2.75, 3.05) is 0 Å². The number of aromatic nitrogens is 5. The number of halogens is 3. The first-order valence-corrected chi connectivity index (χ1v) is 7.66. The molecule has 0 N–H and O–H groups in total. The fourth-order valence-electron chi connectivity index (χ4n) is 1.65. The average Bonchev–Trinajstić information content (AvgIpc) is 3.09. The summed E-state index contributed by atoms with van der Waals surface area (Å²) in [6.07, 6.45) is -3.42. The number of rotatable bonds is 3. The molecular formula is C12H8F3N5S2. The van der Waals surface area contributed by atoms with Gasteiger partial charge in [-0.1, -0.05) is 6.07 Å². The molecule has 0 aliphatic carbocycles. The lowest BCUT2D eigenvalue weighted by Gasteiger charge is -2.06. The van der Waals surface area contributed by atoms with Gasteiger partial charge in [-0.3, -0.25) is 0 Å². The van der Waals surface area contributed by atoms with Crippen LogP contribution in [0.15, 0.2) is 40.1 Å². The van der Waals surface area contributed by atoms with Gasteiger partial charge >= 0.3 is 6.18 Å². The first-order valence-electron chi connectivity index (χ1n) is 5.96. The van der Waals surface area contributed by atoms with E-state index in [1.165, 1.54) is 11.3 Å². The summed E-state index contributed by atoms with van der Waals surface area (Å²) in [4.78, 5) is 8.26. The molecule has 0 bridgehead atoms. The van der Waals surface area contributed by atoms with Crippen molar-refractivity contribution in [3.05, 3.63) is 35.5 Å². The molecule has 5 nitrogen and oxygen atoms in total. The van der Waals surface area contributed by atoms with Gasteiger partial charge in [-0.15, -0.1) is 21.5 Å². The zero-order valence-electron chi connectivity index (χ0n) is 11.1. The summed E-state index contributed by atoms with van der Waals surface area (Å²) in [5.41, 5.74) is -0.981. The van der Waals surface area contributed by atoms with Gasteiger partial charge in [0.05, 0.1) is 4.88 Å². The van der Waals surface area contributed by atoms with Gasteiger partial charge in [-0.25, -0.2) is 9.97 Å². The standard InChI is InChI=1S/C12H8F3N5S2/c1-20-9(7-3-2-6-21-7)18-19-11(20)22-10-16-5-4-8(17-10)12(13,14)15/h2-6H,1H3. The summed E-state index contributed by atoms with van der Waals surface area (Å²) in [7, 11) is 1.74. The first kappa shape index (κ1) is 15.0. The van der Waals surface area contributed by atoms with E-state index in [-0.39, 0.29) is 5.16 Å². The van der Waals surface area contributed by atoms with Crippen LogP contribution in [0.5, 0.6) is 0 Å². The molecule has 0 unspecified atom stereocenters. The molecule has 0 spiro atoms. The molecule has 0 fully saturated rings. The van der Waals surface area contributed by atoms with Crippen molar-refractivity contribution in [1.29, 1.82) is 0 Å². The van der Waals surface area contributed by atoms with Gasteiger partial charge < -0.3 is 4.57 Å². The van der Waals surface area contributed by atoms with Gasteiger partial charge in [0.15, 0.2) is 16.1 Å². The lowest BCUT2D eigenvalue weighted by Crippen LogP contribution is -2.08. The van der Waals surface area contributed by atoms with Crippen LogP contribution in [0.25, 0.3) is 10.7 Å². The molecule has 0 atom stereocenters. The van der Waals surface area contributed by atoms with Gasteiger partial charge in [0.25, 0.3) is 0 Å². The molecule has 0 saturated heterocycles. The summed E-state index contributed by atoms with van der Waals surface area (Å²) < 4.78 is 39.6. The Bertz CT molecular complexity index is 782. The first-order chi connectivity index (χ1) is 10.4. The maximum Gasteiger partial charge on any atom is 0.433 e. The predicted molar refractivity (Wildman–Crippen MR) is 75.5 cm³/mol. The number of nitrogens with zero attached hydrogens (tertiary/aromatic N) is 5. The van der Waals surface area contributed by atoms with Gasteiger partial charge in [-0.2, -0.15) is 13.2 Å². The highest BCUT2D eigenvalue weighted by Crippen LogP contribution is 2.31. The van der Waals surface area contributed by atoms with E-state index in [4.69, 9.17) is 0 Å². The molecule has 0 aromatic carbocycles. The summed E-state index contributed by atoms with van der Waals surface area (Å²) in [5.74, 6) is 0.643. The molecule has 0 amide bonds. The maximum atomic E-state index is 12.6. The van der Waals surface area contributed by atoms with Crippen molar-refractivity contribution in [2.45, 2.75) is 16.5 Å². The summed E-state index contributed by atoms with van der Waals surface area (Å²) in [5, 5.41) is 10.3. The molecule has 22 heavy (non-hydrogen) atoms. The summed E-state index contributed by atoms with van der Waals surface area (Å²) in [6.45, 7) is 0. The van der Waals surface area contributed by atoms with Crippen LogP contribution in [0.4, 0.5) is 13.2 Å². The van der Waals surface area contributed by atoms with E-state index >= 15 is 0 Å². The van der Waals surface area contributed by atoms with E-state index in [2.05, 4.69) is 20.2 Å². The van der Waals surface area contributed by atoms with Crippen LogP contribution in [0.2, 0.25) is 0 Å². The topological polar surface area (TPSA) is 56.5 Å². The fraction of sp³-hybridized carbons (Fsp3) is 0.167. The fourth-order valence-corrected chi connectivity index (χ4v) is 3.12. The van der Waals surface area contributed by atoms with Crippen LogP contribution in [0, 0.1) is 0 Å². The monoisotopic (exact) mass is 343 g/mol. The minimum atomic E-state index is -4.50. The van der Waals surface area contributed by atoms with Gasteiger partial charge in [0, 0.05) is 13.2 Å². The second-order valence-corrected chi connectivity index (χ2v) is 6.05. The molecule has 0 aliphatic heterocycles. The van der Waals surface area contributed by atoms with Crippen molar-refractivity contribution in [2.24, 2.45) is 7.05 Å². The van der Waals surface area contributed by atoms with E-state index in [1.807, 2.05) is 17.5 Å². The Kier molecular flexibility index (Phi) is 3.87. The van der Waals surface area contributed by atoms with E-state index in [1.54, 1.807) is 11.6 Å². The zero-order valence-corrected chi connectivity index (χ0v) is 12.7. The molecule has 0 radical (unpaired) electrons. The third-order valence-electron chi connectivity index (χ3n) is 2.68. The SMILES string of the molecule is Cn1c(Sc2nccc(C(F)(F)F)n2)nnc1-c1cccs1. The predicted octanol–water partition coefficient (Wildman–Crippen LogP) is 3.50. The highest BCUT2D eigenvalue weighted by molar-refractivity contribution is 7.99. The molecule has 3 aromatic heterocycles. The number of thiophene rings is 1. The third-order valence-corrected chi connectivity index (χ3v) is 4.47. The highest BCUT2D eigenvalue weighted by atomic mass is 32.2. The Hall–Kier alpha value is -1.94. The molecule has 3 rings (SSSR count). The van der Waals surface area contributed by atoms with Crippen LogP contribution in [-0.2, 0) is 13.2 Å². The molecular weight excluding hydrogens is 335 g/mol. The Morgan fingerprint density at radius 3 is 2.73 bits per heavy atom. The molecule has 3 heterocycles. The normalized spacial score (nSPS) is 11.8. The Morgan fingerprint density at radius 1 is 1.23 bits per heavy atom. The van der Waals surface area contributed by atoms with E-state index in [0.29, 0.717) is 11.0 Å². The lowest BCUT2D eigenvalue weighted by atomic mass is 10.4. The van der Waals surface area contributed by atoms with Gasteiger partial charge in [-0.05, 0) is 29.3 Å². The third kappa shape index (κ3) is 2.97. The molecule has 0 saturated carbocycles. The summed E-state index contributed by atoms with van der Waals surface area (Å²) >= 11 is 2.44. The molecule has 10 heteroatoms. The van der Waals surface area contributed by atoms with Crippen LogP contribution in [-0.4, -0.2) is 24.7 Å². The van der Waals surface area contributed by atoms with Gasteiger partial charge in [0.2, 0.25) is 0 Å². The molecule has 0 aliphatic rings. The van der Waals surface area contributed by atoms with Crippen molar-refractivity contribution in [1.82, 2.24) is 24.7 Å². The largest absolute Gasteiger partial charge is 0.433 e. The van der Waals surface area contributed by atoms with Crippen molar-refractivity contribution in [3.63, 3.8) is 0 Å². The Labute approximate surface area is 131 Å². The van der Waals surface area contributed by atoms with E-state index < -0.39 is 11.9 Å². The Balaban J connectivity index is 1.88. The van der Waals surface area contributed by atoms with E-state index in [0.717, 1.165) is 28.9 Å². The minimum Gasteiger partial charge on any atom is -0.304 e. The van der Waals surface area contributed by atoms with E-state index in [9.17, 15) is 13.2 Å². The van der Waals surface area contributed by atoms with Crippen LogP contribution >= 0.6 is 23.1 Å². The van der Waals surface area contributed by atoms with Crippen molar-refractivity contribution < 1.29 is 13.2 Å². The quantitative estimate of drug-likeness (QED) is 0.681. The number of alkyl halides is 3. The second-order valence-electron chi connectivity index (χ2n) is 4.17. The molecule has 114 valence electrons. The summed E-state index contributed by atoms with van der Waals surface area (Å²) in [6, 6.07) is 4.61.